The van der Waals surface area contributed by atoms with Gasteiger partial charge in [-0.25, -0.2) is 4.39 Å². The van der Waals surface area contributed by atoms with Gasteiger partial charge in [0.05, 0.1) is 0 Å². The molecule has 0 bridgehead atoms. The molecule has 2 aromatic rings. The second kappa shape index (κ2) is 8.81. The molecular formula is C27H27FN4O4. The van der Waals surface area contributed by atoms with Gasteiger partial charge in [-0.1, -0.05) is 12.1 Å². The number of nitrogens with zero attached hydrogens (tertiary/aromatic N) is 2. The Morgan fingerprint density at radius 2 is 1.78 bits per heavy atom. The van der Waals surface area contributed by atoms with Crippen molar-refractivity contribution in [3.05, 3.63) is 69.5 Å². The third kappa shape index (κ3) is 3.97. The van der Waals surface area contributed by atoms with Gasteiger partial charge >= 0.3 is 0 Å². The van der Waals surface area contributed by atoms with Gasteiger partial charge in [-0.15, -0.1) is 0 Å². The lowest BCUT2D eigenvalue weighted by Crippen LogP contribution is -2.52. The number of likely N-dealkylation sites (tertiary alicyclic amines) is 1. The van der Waals surface area contributed by atoms with Crippen LogP contribution in [0.4, 0.5) is 4.39 Å². The second-order valence-electron chi connectivity index (χ2n) is 10.1. The molecule has 0 aliphatic carbocycles. The third-order valence-corrected chi connectivity index (χ3v) is 7.94. The number of imide groups is 1. The minimum absolute atomic E-state index is 0.0189. The average molecular weight is 491 g/mol. The Hall–Kier alpha value is -3.59. The van der Waals surface area contributed by atoms with Crippen LogP contribution in [0.3, 0.4) is 0 Å². The molecule has 4 heterocycles. The van der Waals surface area contributed by atoms with Gasteiger partial charge in [0.1, 0.15) is 11.9 Å². The number of benzene rings is 2. The Labute approximate surface area is 207 Å². The number of nitrogens with one attached hydrogen (secondary N) is 2. The maximum Gasteiger partial charge on any atom is 0.255 e. The van der Waals surface area contributed by atoms with Crippen molar-refractivity contribution in [2.24, 2.45) is 0 Å². The minimum atomic E-state index is -0.710. The molecule has 4 aliphatic heterocycles. The largest absolute Gasteiger partial charge is 0.348 e. The van der Waals surface area contributed by atoms with E-state index in [4.69, 9.17) is 0 Å². The first-order valence-electron chi connectivity index (χ1n) is 12.5. The summed E-state index contributed by atoms with van der Waals surface area (Å²) in [5.74, 6) is -1.47. The number of carbonyl (C=O) groups excluding carboxylic acids is 4. The molecule has 9 heteroatoms. The molecule has 2 saturated heterocycles. The lowest BCUT2D eigenvalue weighted by molar-refractivity contribution is -0.136. The van der Waals surface area contributed by atoms with Gasteiger partial charge in [0, 0.05) is 37.2 Å². The molecule has 2 fully saturated rings. The van der Waals surface area contributed by atoms with E-state index in [1.165, 1.54) is 16.5 Å². The summed E-state index contributed by atoms with van der Waals surface area (Å²) in [7, 11) is 0. The highest BCUT2D eigenvalue weighted by Crippen LogP contribution is 2.38. The molecule has 8 nitrogen and oxygen atoms in total. The number of carbonyl (C=O) groups is 4. The Morgan fingerprint density at radius 3 is 2.56 bits per heavy atom. The van der Waals surface area contributed by atoms with Crippen LogP contribution in [-0.4, -0.2) is 52.6 Å². The minimum Gasteiger partial charge on any atom is -0.348 e. The summed E-state index contributed by atoms with van der Waals surface area (Å²) in [6.45, 7) is 3.31. The fourth-order valence-corrected chi connectivity index (χ4v) is 6.06. The SMILES string of the molecule is O=C1CCC(N2Cc3c(cc(F)cc3C3CCN(Cc4ccc5c(c4)CNC5=O)CC3)C2=O)C(=O)N1. The third-order valence-electron chi connectivity index (χ3n) is 7.94. The van der Waals surface area contributed by atoms with Gasteiger partial charge in [0.2, 0.25) is 11.8 Å². The highest BCUT2D eigenvalue weighted by atomic mass is 19.1. The predicted molar refractivity (Wildman–Crippen MR) is 127 cm³/mol. The Kier molecular flexibility index (Phi) is 5.59. The first-order valence-corrected chi connectivity index (χ1v) is 12.5. The van der Waals surface area contributed by atoms with Crippen LogP contribution in [0.15, 0.2) is 30.3 Å². The zero-order valence-corrected chi connectivity index (χ0v) is 19.8. The van der Waals surface area contributed by atoms with Crippen molar-refractivity contribution in [1.29, 1.82) is 0 Å². The van der Waals surface area contributed by atoms with Crippen molar-refractivity contribution in [3.63, 3.8) is 0 Å². The zero-order valence-electron chi connectivity index (χ0n) is 19.8. The summed E-state index contributed by atoms with van der Waals surface area (Å²) in [6, 6.07) is 8.10. The highest BCUT2D eigenvalue weighted by molar-refractivity contribution is 6.05. The van der Waals surface area contributed by atoms with Crippen LogP contribution < -0.4 is 10.6 Å². The van der Waals surface area contributed by atoms with Crippen molar-refractivity contribution in [1.82, 2.24) is 20.4 Å². The smallest absolute Gasteiger partial charge is 0.255 e. The second-order valence-corrected chi connectivity index (χ2v) is 10.1. The van der Waals surface area contributed by atoms with Crippen LogP contribution in [0.25, 0.3) is 0 Å². The number of rotatable bonds is 4. The van der Waals surface area contributed by atoms with Crippen LogP contribution >= 0.6 is 0 Å². The summed E-state index contributed by atoms with van der Waals surface area (Å²) in [5, 5.41) is 5.16. The zero-order chi connectivity index (χ0) is 25.0. The summed E-state index contributed by atoms with van der Waals surface area (Å²) in [6.07, 6.45) is 2.15. The monoisotopic (exact) mass is 490 g/mol. The van der Waals surface area contributed by atoms with E-state index in [0.29, 0.717) is 12.1 Å². The average Bonchev–Trinajstić information content (AvgIpc) is 3.39. The molecule has 4 amide bonds. The molecule has 36 heavy (non-hydrogen) atoms. The van der Waals surface area contributed by atoms with Gasteiger partial charge in [-0.2, -0.15) is 0 Å². The normalized spacial score (nSPS) is 22.5. The van der Waals surface area contributed by atoms with Crippen molar-refractivity contribution in [3.8, 4) is 0 Å². The van der Waals surface area contributed by atoms with Crippen LogP contribution in [0.2, 0.25) is 0 Å². The summed E-state index contributed by atoms with van der Waals surface area (Å²) in [4.78, 5) is 52.7. The first kappa shape index (κ1) is 22.8. The molecule has 0 spiro atoms. The molecule has 1 unspecified atom stereocenters. The van der Waals surface area contributed by atoms with E-state index in [-0.39, 0.29) is 43.0 Å². The van der Waals surface area contributed by atoms with Crippen LogP contribution in [0.1, 0.15) is 74.6 Å². The van der Waals surface area contributed by atoms with Gasteiger partial charge in [0.15, 0.2) is 0 Å². The Bertz CT molecular complexity index is 1300. The van der Waals surface area contributed by atoms with Gasteiger partial charge in [-0.3, -0.25) is 29.4 Å². The maximum absolute atomic E-state index is 14.6. The fraction of sp³-hybridized carbons (Fsp3) is 0.407. The van der Waals surface area contributed by atoms with Gasteiger partial charge < -0.3 is 10.2 Å². The lowest BCUT2D eigenvalue weighted by atomic mass is 9.85. The number of halogens is 1. The lowest BCUT2D eigenvalue weighted by Gasteiger charge is -2.33. The van der Waals surface area contributed by atoms with E-state index in [1.807, 2.05) is 12.1 Å². The van der Waals surface area contributed by atoms with Gasteiger partial charge in [0.25, 0.3) is 11.8 Å². The van der Waals surface area contributed by atoms with E-state index < -0.39 is 17.8 Å². The van der Waals surface area contributed by atoms with Crippen molar-refractivity contribution in [2.75, 3.05) is 13.1 Å². The van der Waals surface area contributed by atoms with Crippen LogP contribution in [0.5, 0.6) is 0 Å². The number of amides is 4. The van der Waals surface area contributed by atoms with E-state index in [2.05, 4.69) is 21.6 Å². The van der Waals surface area contributed by atoms with Gasteiger partial charge in [-0.05, 0) is 78.7 Å². The molecule has 186 valence electrons. The van der Waals surface area contributed by atoms with Crippen molar-refractivity contribution < 1.29 is 23.6 Å². The molecule has 6 rings (SSSR count). The maximum atomic E-state index is 14.6. The van der Waals surface area contributed by atoms with Crippen LogP contribution in [-0.2, 0) is 29.2 Å². The molecule has 0 radical (unpaired) electrons. The molecular weight excluding hydrogens is 463 g/mol. The Morgan fingerprint density at radius 1 is 0.972 bits per heavy atom. The topological polar surface area (TPSA) is 98.8 Å². The van der Waals surface area contributed by atoms with E-state index in [0.717, 1.165) is 54.7 Å². The van der Waals surface area contributed by atoms with Crippen LogP contribution in [0, 0.1) is 5.82 Å². The number of hydrogen-bond acceptors (Lipinski definition) is 5. The molecule has 2 aromatic carbocycles. The molecule has 4 aliphatic rings. The quantitative estimate of drug-likeness (QED) is 0.641. The molecule has 0 aromatic heterocycles. The fourth-order valence-electron chi connectivity index (χ4n) is 6.06. The molecule has 1 atom stereocenters. The van der Waals surface area contributed by atoms with Crippen molar-refractivity contribution >= 4 is 23.6 Å². The molecule has 2 N–H and O–H groups in total. The van der Waals surface area contributed by atoms with E-state index in [9.17, 15) is 23.6 Å². The first-order chi connectivity index (χ1) is 17.4. The van der Waals surface area contributed by atoms with Crippen molar-refractivity contribution in [2.45, 2.75) is 57.3 Å². The van der Waals surface area contributed by atoms with E-state index in [1.54, 1.807) is 6.07 Å². The summed E-state index contributed by atoms with van der Waals surface area (Å²) >= 11 is 0. The summed E-state index contributed by atoms with van der Waals surface area (Å²) < 4.78 is 14.6. The standard InChI is InChI=1S/C27H27FN4O4/c28-18-10-20(22-14-32(27(36)21(22)11-18)23-3-4-24(33)30-26(23)35)16-5-7-31(8-6-16)13-15-1-2-19-17(9-15)12-29-25(19)34/h1-2,9-11,16,23H,3-8,12-14H2,(H,29,34)(H,30,33,35). The van der Waals surface area contributed by atoms with E-state index >= 15 is 0 Å². The number of hydrogen-bond donors (Lipinski definition) is 2. The number of piperidine rings is 2. The number of fused-ring (bicyclic) bond motifs is 2. The summed E-state index contributed by atoms with van der Waals surface area (Å²) in [5.41, 5.74) is 4.95. The Balaban J connectivity index is 1.15. The molecule has 0 saturated carbocycles. The highest BCUT2D eigenvalue weighted by Gasteiger charge is 2.41. The predicted octanol–water partition coefficient (Wildman–Crippen LogP) is 2.21.